The number of halogens is 1. The molecule has 1 unspecified atom stereocenters. The third-order valence-corrected chi connectivity index (χ3v) is 3.40. The molecule has 0 saturated carbocycles. The molecule has 0 aliphatic heterocycles. The molecule has 0 saturated heterocycles. The van der Waals surface area contributed by atoms with Gasteiger partial charge in [0.15, 0.2) is 0 Å². The molecule has 0 aliphatic carbocycles. The first-order valence-corrected chi connectivity index (χ1v) is 6.86. The van der Waals surface area contributed by atoms with Gasteiger partial charge in [-0.25, -0.2) is 4.39 Å². The normalized spacial score (nSPS) is 12.1. The Morgan fingerprint density at radius 2 is 2.05 bits per heavy atom. The van der Waals surface area contributed by atoms with E-state index >= 15 is 0 Å². The molecule has 22 heavy (non-hydrogen) atoms. The van der Waals surface area contributed by atoms with Crippen molar-refractivity contribution in [3.8, 4) is 0 Å². The molecule has 6 heteroatoms. The number of nitro groups is 1. The van der Waals surface area contributed by atoms with Gasteiger partial charge < -0.3 is 10.4 Å². The van der Waals surface area contributed by atoms with Gasteiger partial charge in [0.2, 0.25) is 0 Å². The smallest absolute Gasteiger partial charge is 0.272 e. The van der Waals surface area contributed by atoms with Crippen LogP contribution in [-0.4, -0.2) is 16.6 Å². The van der Waals surface area contributed by atoms with Crippen LogP contribution in [0.5, 0.6) is 0 Å². The summed E-state index contributed by atoms with van der Waals surface area (Å²) in [5.74, 6) is -0.456. The number of hydrogen-bond acceptors (Lipinski definition) is 4. The molecule has 0 aromatic heterocycles. The highest BCUT2D eigenvalue weighted by molar-refractivity contribution is 5.42. The summed E-state index contributed by atoms with van der Waals surface area (Å²) in [6, 6.07) is 11.0. The van der Waals surface area contributed by atoms with Gasteiger partial charge in [-0.05, 0) is 18.6 Å². The van der Waals surface area contributed by atoms with E-state index in [0.29, 0.717) is 12.1 Å². The fourth-order valence-electron chi connectivity index (χ4n) is 2.17. The number of aryl methyl sites for hydroxylation is 1. The second-order valence-electron chi connectivity index (χ2n) is 5.05. The molecule has 2 aromatic rings. The van der Waals surface area contributed by atoms with E-state index in [9.17, 15) is 19.6 Å². The highest BCUT2D eigenvalue weighted by Crippen LogP contribution is 2.19. The van der Waals surface area contributed by atoms with Crippen LogP contribution in [0, 0.1) is 22.9 Å². The average molecular weight is 304 g/mol. The molecular formula is C16H17FN2O3. The fraction of sp³-hybridized carbons (Fsp3) is 0.250. The predicted molar refractivity (Wildman–Crippen MR) is 80.9 cm³/mol. The van der Waals surface area contributed by atoms with Gasteiger partial charge in [0.1, 0.15) is 5.82 Å². The van der Waals surface area contributed by atoms with Gasteiger partial charge in [0.05, 0.1) is 11.0 Å². The number of nitro benzene ring substituents is 1. The standard InChI is InChI=1S/C16H17FN2O3/c1-11-6-7-12(8-15(11)19(21)22)9-18-10-16(20)13-4-2-3-5-14(13)17/h2-8,16,18,20H,9-10H2,1H3. The minimum absolute atomic E-state index is 0.0638. The zero-order chi connectivity index (χ0) is 16.1. The van der Waals surface area contributed by atoms with E-state index in [1.807, 2.05) is 0 Å². The first kappa shape index (κ1) is 16.1. The fourth-order valence-corrected chi connectivity index (χ4v) is 2.17. The largest absolute Gasteiger partial charge is 0.387 e. The van der Waals surface area contributed by atoms with Crippen molar-refractivity contribution in [3.05, 3.63) is 75.1 Å². The van der Waals surface area contributed by atoms with E-state index < -0.39 is 16.8 Å². The molecule has 0 fully saturated rings. The molecular weight excluding hydrogens is 287 g/mol. The van der Waals surface area contributed by atoms with Crippen molar-refractivity contribution in [2.24, 2.45) is 0 Å². The molecule has 0 aliphatic rings. The van der Waals surface area contributed by atoms with E-state index in [1.54, 1.807) is 31.2 Å². The average Bonchev–Trinajstić information content (AvgIpc) is 2.49. The van der Waals surface area contributed by atoms with Crippen molar-refractivity contribution >= 4 is 5.69 Å². The van der Waals surface area contributed by atoms with Crippen molar-refractivity contribution in [1.82, 2.24) is 5.32 Å². The van der Waals surface area contributed by atoms with Crippen molar-refractivity contribution < 1.29 is 14.4 Å². The number of nitrogens with one attached hydrogen (secondary N) is 1. The van der Waals surface area contributed by atoms with Gasteiger partial charge in [0.25, 0.3) is 5.69 Å². The van der Waals surface area contributed by atoms with Crippen LogP contribution in [0.2, 0.25) is 0 Å². The quantitative estimate of drug-likeness (QED) is 0.635. The summed E-state index contributed by atoms with van der Waals surface area (Å²) in [6.07, 6.45) is -0.971. The van der Waals surface area contributed by atoms with Crippen molar-refractivity contribution in [2.45, 2.75) is 19.6 Å². The van der Waals surface area contributed by atoms with E-state index in [1.165, 1.54) is 18.2 Å². The molecule has 2 rings (SSSR count). The zero-order valence-electron chi connectivity index (χ0n) is 12.1. The second-order valence-corrected chi connectivity index (χ2v) is 5.05. The molecule has 2 N–H and O–H groups in total. The maximum absolute atomic E-state index is 13.5. The maximum Gasteiger partial charge on any atom is 0.272 e. The Morgan fingerprint density at radius 1 is 1.32 bits per heavy atom. The van der Waals surface area contributed by atoms with Crippen molar-refractivity contribution in [1.29, 1.82) is 0 Å². The number of rotatable bonds is 6. The summed E-state index contributed by atoms with van der Waals surface area (Å²) in [5.41, 5.74) is 1.62. The van der Waals surface area contributed by atoms with Gasteiger partial charge in [-0.1, -0.05) is 30.3 Å². The van der Waals surface area contributed by atoms with E-state index in [4.69, 9.17) is 0 Å². The summed E-state index contributed by atoms with van der Waals surface area (Å²) >= 11 is 0. The molecule has 0 heterocycles. The highest BCUT2D eigenvalue weighted by Gasteiger charge is 2.13. The van der Waals surface area contributed by atoms with E-state index in [2.05, 4.69) is 5.32 Å². The number of benzene rings is 2. The summed E-state index contributed by atoms with van der Waals surface area (Å²) in [4.78, 5) is 10.5. The van der Waals surface area contributed by atoms with E-state index in [-0.39, 0.29) is 17.8 Å². The molecule has 1 atom stereocenters. The lowest BCUT2D eigenvalue weighted by Gasteiger charge is -2.13. The molecule has 2 aromatic carbocycles. The van der Waals surface area contributed by atoms with Crippen LogP contribution >= 0.6 is 0 Å². The van der Waals surface area contributed by atoms with Crippen LogP contribution in [0.25, 0.3) is 0 Å². The topological polar surface area (TPSA) is 75.4 Å². The Bertz CT molecular complexity index is 676. The number of aliphatic hydroxyl groups is 1. The molecule has 5 nitrogen and oxygen atoms in total. The van der Waals surface area contributed by atoms with Gasteiger partial charge in [-0.3, -0.25) is 10.1 Å². The first-order valence-electron chi connectivity index (χ1n) is 6.86. The number of hydrogen-bond donors (Lipinski definition) is 2. The van der Waals surface area contributed by atoms with Crippen LogP contribution in [0.3, 0.4) is 0 Å². The number of nitrogens with zero attached hydrogens (tertiary/aromatic N) is 1. The maximum atomic E-state index is 13.5. The minimum atomic E-state index is -0.971. The lowest BCUT2D eigenvalue weighted by Crippen LogP contribution is -2.21. The Labute approximate surface area is 127 Å². The van der Waals surface area contributed by atoms with Crippen LogP contribution in [0.1, 0.15) is 22.8 Å². The van der Waals surface area contributed by atoms with Crippen molar-refractivity contribution in [2.75, 3.05) is 6.54 Å². The summed E-state index contributed by atoms with van der Waals surface area (Å²) in [5, 5.41) is 23.8. The highest BCUT2D eigenvalue weighted by atomic mass is 19.1. The lowest BCUT2D eigenvalue weighted by atomic mass is 10.1. The second kappa shape index (κ2) is 7.11. The van der Waals surface area contributed by atoms with Gasteiger partial charge in [-0.2, -0.15) is 0 Å². The van der Waals surface area contributed by atoms with Gasteiger partial charge in [0, 0.05) is 30.3 Å². The minimum Gasteiger partial charge on any atom is -0.387 e. The van der Waals surface area contributed by atoms with Crippen molar-refractivity contribution in [3.63, 3.8) is 0 Å². The Balaban J connectivity index is 1.95. The SMILES string of the molecule is Cc1ccc(CNCC(O)c2ccccc2F)cc1[N+](=O)[O-]. The predicted octanol–water partition coefficient (Wildman–Crippen LogP) is 2.87. The molecule has 0 spiro atoms. The van der Waals surface area contributed by atoms with Crippen LogP contribution in [0.15, 0.2) is 42.5 Å². The molecule has 0 radical (unpaired) electrons. The summed E-state index contributed by atoms with van der Waals surface area (Å²) in [6.45, 7) is 2.19. The molecule has 116 valence electrons. The summed E-state index contributed by atoms with van der Waals surface area (Å²) < 4.78 is 13.5. The molecule has 0 bridgehead atoms. The zero-order valence-corrected chi connectivity index (χ0v) is 12.1. The monoisotopic (exact) mass is 304 g/mol. The van der Waals surface area contributed by atoms with Gasteiger partial charge in [-0.15, -0.1) is 0 Å². The van der Waals surface area contributed by atoms with E-state index in [0.717, 1.165) is 5.56 Å². The van der Waals surface area contributed by atoms with Crippen LogP contribution in [0.4, 0.5) is 10.1 Å². The van der Waals surface area contributed by atoms with Crippen LogP contribution in [-0.2, 0) is 6.54 Å². The summed E-state index contributed by atoms with van der Waals surface area (Å²) in [7, 11) is 0. The Morgan fingerprint density at radius 3 is 2.73 bits per heavy atom. The van der Waals surface area contributed by atoms with Gasteiger partial charge >= 0.3 is 0 Å². The third-order valence-electron chi connectivity index (χ3n) is 3.40. The first-order chi connectivity index (χ1) is 10.5. The Kier molecular flexibility index (Phi) is 5.19. The molecule has 0 amide bonds. The lowest BCUT2D eigenvalue weighted by molar-refractivity contribution is -0.385. The van der Waals surface area contributed by atoms with Crippen LogP contribution < -0.4 is 5.32 Å². The third kappa shape index (κ3) is 3.87. The Hall–Kier alpha value is -2.31. The number of aliphatic hydroxyl groups excluding tert-OH is 1.